The Morgan fingerprint density at radius 3 is 2.39 bits per heavy atom. The summed E-state index contributed by atoms with van der Waals surface area (Å²) in [4.78, 5) is 23.7. The lowest BCUT2D eigenvalue weighted by Crippen LogP contribution is -2.13. The highest BCUT2D eigenvalue weighted by molar-refractivity contribution is 6.10. The minimum Gasteiger partial charge on any atom is -0.478 e. The number of rotatable bonds is 5. The van der Waals surface area contributed by atoms with Crippen LogP contribution in [0, 0.1) is 25.2 Å². The van der Waals surface area contributed by atoms with Gasteiger partial charge in [-0.3, -0.25) is 4.79 Å². The number of carboxylic acid groups (broad SMARTS) is 1. The number of amides is 1. The molecule has 6 nitrogen and oxygen atoms in total. The van der Waals surface area contributed by atoms with Crippen molar-refractivity contribution in [3.05, 3.63) is 101 Å². The fraction of sp³-hybridized carbons (Fsp3) is 0.0741. The summed E-state index contributed by atoms with van der Waals surface area (Å²) in [5.74, 6) is -1.61. The van der Waals surface area contributed by atoms with Gasteiger partial charge in [-0.15, -0.1) is 0 Å². The van der Waals surface area contributed by atoms with Gasteiger partial charge in [0, 0.05) is 22.5 Å². The van der Waals surface area contributed by atoms with Crippen molar-refractivity contribution in [1.82, 2.24) is 4.57 Å². The minimum absolute atomic E-state index is 0.0459. The maximum absolute atomic E-state index is 12.7. The maximum Gasteiger partial charge on any atom is 0.335 e. The Morgan fingerprint density at radius 1 is 1.00 bits per heavy atom. The number of aryl methyl sites for hydroxylation is 1. The van der Waals surface area contributed by atoms with E-state index in [1.54, 1.807) is 6.08 Å². The van der Waals surface area contributed by atoms with E-state index in [1.807, 2.05) is 44.2 Å². The number of carboxylic acids is 1. The highest BCUT2D eigenvalue weighted by Gasteiger charge is 2.15. The predicted octanol–water partition coefficient (Wildman–Crippen LogP) is 5.49. The van der Waals surface area contributed by atoms with Crippen LogP contribution >= 0.6 is 0 Å². The van der Waals surface area contributed by atoms with E-state index in [-0.39, 0.29) is 11.1 Å². The molecule has 2 N–H and O–H groups in total. The molecule has 0 radical (unpaired) electrons. The molecule has 0 fully saturated rings. The van der Waals surface area contributed by atoms with E-state index in [0.29, 0.717) is 5.69 Å². The van der Waals surface area contributed by atoms with E-state index in [0.717, 1.165) is 33.4 Å². The first kappa shape index (κ1) is 21.6. The van der Waals surface area contributed by atoms with Crippen molar-refractivity contribution in [3.8, 4) is 11.8 Å². The Hall–Kier alpha value is -4.63. The molecule has 0 saturated carbocycles. The summed E-state index contributed by atoms with van der Waals surface area (Å²) >= 11 is 0. The molecule has 0 aliphatic carbocycles. The number of nitriles is 1. The Labute approximate surface area is 191 Å². The third kappa shape index (κ3) is 4.25. The number of aromatic carboxylic acids is 1. The van der Waals surface area contributed by atoms with E-state index in [1.165, 1.54) is 24.3 Å². The fourth-order valence-electron chi connectivity index (χ4n) is 3.91. The second-order valence-corrected chi connectivity index (χ2v) is 7.67. The van der Waals surface area contributed by atoms with Gasteiger partial charge in [0.25, 0.3) is 5.91 Å². The summed E-state index contributed by atoms with van der Waals surface area (Å²) in [7, 11) is 0. The predicted molar refractivity (Wildman–Crippen MR) is 128 cm³/mol. The number of benzene rings is 3. The Morgan fingerprint density at radius 2 is 1.70 bits per heavy atom. The molecule has 33 heavy (non-hydrogen) atoms. The van der Waals surface area contributed by atoms with Crippen LogP contribution in [0.1, 0.15) is 27.3 Å². The van der Waals surface area contributed by atoms with Crippen LogP contribution in [-0.4, -0.2) is 21.6 Å². The van der Waals surface area contributed by atoms with Gasteiger partial charge >= 0.3 is 5.97 Å². The molecule has 0 aliphatic rings. The quantitative estimate of drug-likeness (QED) is 0.320. The molecule has 1 amide bonds. The van der Waals surface area contributed by atoms with Crippen molar-refractivity contribution in [2.45, 2.75) is 13.8 Å². The van der Waals surface area contributed by atoms with E-state index < -0.39 is 11.9 Å². The average Bonchev–Trinajstić information content (AvgIpc) is 3.09. The monoisotopic (exact) mass is 435 g/mol. The summed E-state index contributed by atoms with van der Waals surface area (Å²) in [5, 5.41) is 23.5. The lowest BCUT2D eigenvalue weighted by atomic mass is 10.1. The zero-order valence-corrected chi connectivity index (χ0v) is 18.2. The minimum atomic E-state index is -1.05. The van der Waals surface area contributed by atoms with Gasteiger partial charge in [0.05, 0.1) is 11.3 Å². The van der Waals surface area contributed by atoms with E-state index in [2.05, 4.69) is 34.1 Å². The fourth-order valence-corrected chi connectivity index (χ4v) is 3.91. The topological polar surface area (TPSA) is 95.1 Å². The van der Waals surface area contributed by atoms with Crippen molar-refractivity contribution < 1.29 is 14.7 Å². The second-order valence-electron chi connectivity index (χ2n) is 7.67. The lowest BCUT2D eigenvalue weighted by Gasteiger charge is -2.13. The van der Waals surface area contributed by atoms with Gasteiger partial charge in [-0.25, -0.2) is 4.79 Å². The molecule has 6 heteroatoms. The number of nitrogens with zero attached hydrogens (tertiary/aromatic N) is 2. The molecule has 162 valence electrons. The average molecular weight is 435 g/mol. The molecule has 4 rings (SSSR count). The molecule has 1 heterocycles. The van der Waals surface area contributed by atoms with Crippen LogP contribution < -0.4 is 5.32 Å². The number of hydrogen-bond donors (Lipinski definition) is 2. The van der Waals surface area contributed by atoms with Gasteiger partial charge in [0.15, 0.2) is 0 Å². The molecular formula is C27H21N3O3. The highest BCUT2D eigenvalue weighted by atomic mass is 16.4. The number of nitrogens with one attached hydrogen (secondary N) is 1. The highest BCUT2D eigenvalue weighted by Crippen LogP contribution is 2.28. The second kappa shape index (κ2) is 8.85. The van der Waals surface area contributed by atoms with Crippen LogP contribution in [-0.2, 0) is 4.79 Å². The van der Waals surface area contributed by atoms with Crippen molar-refractivity contribution in [3.63, 3.8) is 0 Å². The van der Waals surface area contributed by atoms with E-state index >= 15 is 0 Å². The van der Waals surface area contributed by atoms with Crippen LogP contribution in [0.2, 0.25) is 0 Å². The maximum atomic E-state index is 12.7. The normalized spacial score (nSPS) is 11.2. The Kier molecular flexibility index (Phi) is 5.79. The molecule has 0 aliphatic heterocycles. The summed E-state index contributed by atoms with van der Waals surface area (Å²) in [6.45, 7) is 3.94. The van der Waals surface area contributed by atoms with Crippen LogP contribution in [0.4, 0.5) is 5.69 Å². The largest absolute Gasteiger partial charge is 0.478 e. The number of aromatic nitrogens is 1. The molecule has 0 spiro atoms. The molecular weight excluding hydrogens is 414 g/mol. The zero-order chi connectivity index (χ0) is 23.5. The molecule has 0 atom stereocenters. The summed E-state index contributed by atoms with van der Waals surface area (Å²) in [6, 6.07) is 24.0. The first-order valence-electron chi connectivity index (χ1n) is 10.3. The molecule has 3 aromatic carbocycles. The SMILES string of the molecule is Cc1cc(/C=C(/C#N)C(=O)Nc2ccc(C(=O)O)cc2)c(C)n1-c1cccc2ccccc12. The summed E-state index contributed by atoms with van der Waals surface area (Å²) in [5.41, 5.74) is 4.18. The third-order valence-corrected chi connectivity index (χ3v) is 5.53. The number of carbonyl (C=O) groups is 2. The van der Waals surface area contributed by atoms with Gasteiger partial charge in [0.2, 0.25) is 0 Å². The summed E-state index contributed by atoms with van der Waals surface area (Å²) in [6.07, 6.45) is 1.57. The molecule has 0 saturated heterocycles. The first-order chi connectivity index (χ1) is 15.9. The number of hydrogen-bond acceptors (Lipinski definition) is 3. The van der Waals surface area contributed by atoms with Crippen LogP contribution in [0.15, 0.2) is 78.4 Å². The standard InChI is InChI=1S/C27H21N3O3/c1-17-14-21(18(2)30(17)25-9-5-7-19-6-3-4-8-24(19)25)15-22(16-28)26(31)29-23-12-10-20(11-13-23)27(32)33/h3-15H,1-2H3,(H,29,31)(H,32,33)/b22-15-. The van der Waals surface area contributed by atoms with Crippen molar-refractivity contribution in [2.75, 3.05) is 5.32 Å². The van der Waals surface area contributed by atoms with E-state index in [4.69, 9.17) is 5.11 Å². The van der Waals surface area contributed by atoms with Crippen LogP contribution in [0.25, 0.3) is 22.5 Å². The molecule has 0 unspecified atom stereocenters. The van der Waals surface area contributed by atoms with Gasteiger partial charge in [0.1, 0.15) is 11.6 Å². The number of carbonyl (C=O) groups excluding carboxylic acids is 1. The number of anilines is 1. The third-order valence-electron chi connectivity index (χ3n) is 5.53. The number of fused-ring (bicyclic) bond motifs is 1. The molecule has 0 bridgehead atoms. The van der Waals surface area contributed by atoms with Gasteiger partial charge in [-0.05, 0) is 67.3 Å². The zero-order valence-electron chi connectivity index (χ0n) is 18.2. The van der Waals surface area contributed by atoms with Gasteiger partial charge < -0.3 is 15.0 Å². The van der Waals surface area contributed by atoms with Crippen molar-refractivity contribution in [2.24, 2.45) is 0 Å². The molecule has 4 aromatic rings. The smallest absolute Gasteiger partial charge is 0.335 e. The van der Waals surface area contributed by atoms with Crippen molar-refractivity contribution in [1.29, 1.82) is 5.26 Å². The van der Waals surface area contributed by atoms with Crippen LogP contribution in [0.5, 0.6) is 0 Å². The van der Waals surface area contributed by atoms with Crippen LogP contribution in [0.3, 0.4) is 0 Å². The Bertz CT molecular complexity index is 1450. The first-order valence-corrected chi connectivity index (χ1v) is 10.3. The van der Waals surface area contributed by atoms with E-state index in [9.17, 15) is 14.9 Å². The van der Waals surface area contributed by atoms with Gasteiger partial charge in [-0.2, -0.15) is 5.26 Å². The Balaban J connectivity index is 1.67. The lowest BCUT2D eigenvalue weighted by molar-refractivity contribution is -0.112. The summed E-state index contributed by atoms with van der Waals surface area (Å²) < 4.78 is 2.12. The molecule has 1 aromatic heterocycles. The van der Waals surface area contributed by atoms with Gasteiger partial charge in [-0.1, -0.05) is 36.4 Å². The van der Waals surface area contributed by atoms with Crippen molar-refractivity contribution >= 4 is 34.4 Å².